The minimum absolute atomic E-state index is 0.00359. The molecule has 1 unspecified atom stereocenters. The van der Waals surface area contributed by atoms with Crippen molar-refractivity contribution in [3.8, 4) is 5.75 Å². The normalized spacial score (nSPS) is 21.0. The number of hydrogen-bond donors (Lipinski definition) is 0. The predicted octanol–water partition coefficient (Wildman–Crippen LogP) is 1.55. The number of ether oxygens (including phenoxy) is 2. The molecule has 6 nitrogen and oxygen atoms in total. The largest absolute Gasteiger partial charge is 0.491 e. The molecule has 0 N–H and O–H groups in total. The molecule has 0 radical (unpaired) electrons. The summed E-state index contributed by atoms with van der Waals surface area (Å²) in [4.78, 5) is 27.4. The van der Waals surface area contributed by atoms with Crippen LogP contribution in [0, 0.1) is 0 Å². The second kappa shape index (κ2) is 7.66. The fourth-order valence-corrected chi connectivity index (χ4v) is 3.07. The van der Waals surface area contributed by atoms with Crippen LogP contribution >= 0.6 is 0 Å². The molecule has 2 saturated heterocycles. The zero-order chi connectivity index (χ0) is 16.9. The average Bonchev–Trinajstić information content (AvgIpc) is 3.13. The molecule has 1 atom stereocenters. The molecule has 2 fully saturated rings. The van der Waals surface area contributed by atoms with Gasteiger partial charge in [0.2, 0.25) is 5.91 Å². The third-order valence-electron chi connectivity index (χ3n) is 4.57. The van der Waals surface area contributed by atoms with Crippen LogP contribution in [0.15, 0.2) is 24.3 Å². The summed E-state index contributed by atoms with van der Waals surface area (Å²) < 4.78 is 11.2. The van der Waals surface area contributed by atoms with Crippen molar-refractivity contribution in [2.45, 2.75) is 25.9 Å². The van der Waals surface area contributed by atoms with Gasteiger partial charge in [0.15, 0.2) is 0 Å². The zero-order valence-corrected chi connectivity index (χ0v) is 14.1. The van der Waals surface area contributed by atoms with E-state index in [2.05, 4.69) is 0 Å². The number of nitrogens with zero attached hydrogens (tertiary/aromatic N) is 2. The first-order valence-corrected chi connectivity index (χ1v) is 8.53. The predicted molar refractivity (Wildman–Crippen MR) is 89.1 cm³/mol. The Morgan fingerprint density at radius 2 is 1.79 bits per heavy atom. The fourth-order valence-electron chi connectivity index (χ4n) is 3.07. The number of amides is 2. The first-order chi connectivity index (χ1) is 11.6. The van der Waals surface area contributed by atoms with E-state index in [9.17, 15) is 9.59 Å². The minimum Gasteiger partial charge on any atom is -0.491 e. The zero-order valence-electron chi connectivity index (χ0n) is 14.1. The summed E-state index contributed by atoms with van der Waals surface area (Å²) in [5.41, 5.74) is 0.649. The van der Waals surface area contributed by atoms with E-state index in [1.807, 2.05) is 12.1 Å². The second-order valence-electron chi connectivity index (χ2n) is 6.27. The molecular formula is C18H24N2O4. The van der Waals surface area contributed by atoms with Gasteiger partial charge in [-0.15, -0.1) is 0 Å². The second-order valence-corrected chi connectivity index (χ2v) is 6.27. The SMILES string of the molecule is CC(=O)N1CCN(C(=O)c2ccc(OCC3CCCO3)cc2)CC1. The van der Waals surface area contributed by atoms with Crippen molar-refractivity contribution < 1.29 is 19.1 Å². The number of piperazine rings is 1. The summed E-state index contributed by atoms with van der Waals surface area (Å²) in [6, 6.07) is 7.25. The van der Waals surface area contributed by atoms with E-state index in [0.717, 1.165) is 25.2 Å². The Kier molecular flexibility index (Phi) is 5.35. The number of carbonyl (C=O) groups excluding carboxylic acids is 2. The van der Waals surface area contributed by atoms with Gasteiger partial charge < -0.3 is 19.3 Å². The molecule has 2 aliphatic rings. The van der Waals surface area contributed by atoms with Gasteiger partial charge in [0, 0.05) is 45.3 Å². The Bertz CT molecular complexity index is 573. The Balaban J connectivity index is 1.51. The summed E-state index contributed by atoms with van der Waals surface area (Å²) in [5, 5.41) is 0. The maximum absolute atomic E-state index is 12.5. The van der Waals surface area contributed by atoms with Crippen molar-refractivity contribution >= 4 is 11.8 Å². The quantitative estimate of drug-likeness (QED) is 0.839. The molecule has 0 spiro atoms. The third kappa shape index (κ3) is 4.06. The van der Waals surface area contributed by atoms with Gasteiger partial charge >= 0.3 is 0 Å². The Morgan fingerprint density at radius 1 is 1.12 bits per heavy atom. The van der Waals surface area contributed by atoms with Crippen molar-refractivity contribution in [3.63, 3.8) is 0 Å². The third-order valence-corrected chi connectivity index (χ3v) is 4.57. The summed E-state index contributed by atoms with van der Waals surface area (Å²) in [6.45, 7) is 5.30. The van der Waals surface area contributed by atoms with Crippen molar-refractivity contribution in [3.05, 3.63) is 29.8 Å². The number of benzene rings is 1. The molecule has 130 valence electrons. The highest BCUT2D eigenvalue weighted by Gasteiger charge is 2.23. The lowest BCUT2D eigenvalue weighted by Gasteiger charge is -2.34. The number of hydrogen-bond acceptors (Lipinski definition) is 4. The molecule has 1 aromatic rings. The molecule has 0 saturated carbocycles. The molecular weight excluding hydrogens is 308 g/mol. The lowest BCUT2D eigenvalue weighted by Crippen LogP contribution is -2.50. The smallest absolute Gasteiger partial charge is 0.253 e. The van der Waals surface area contributed by atoms with Crippen molar-refractivity contribution in [2.75, 3.05) is 39.4 Å². The molecule has 24 heavy (non-hydrogen) atoms. The summed E-state index contributed by atoms with van der Waals surface area (Å²) in [7, 11) is 0. The summed E-state index contributed by atoms with van der Waals surface area (Å²) >= 11 is 0. The highest BCUT2D eigenvalue weighted by molar-refractivity contribution is 5.94. The van der Waals surface area contributed by atoms with Crippen LogP contribution in [0.3, 0.4) is 0 Å². The molecule has 2 heterocycles. The van der Waals surface area contributed by atoms with Gasteiger partial charge in [-0.05, 0) is 37.1 Å². The maximum atomic E-state index is 12.5. The van der Waals surface area contributed by atoms with Crippen LogP contribution in [0.25, 0.3) is 0 Å². The van der Waals surface area contributed by atoms with Gasteiger partial charge in [0.05, 0.1) is 6.10 Å². The van der Waals surface area contributed by atoms with E-state index < -0.39 is 0 Å². The van der Waals surface area contributed by atoms with Gasteiger partial charge in [0.1, 0.15) is 12.4 Å². The molecule has 0 bridgehead atoms. The standard InChI is InChI=1S/C18H24N2O4/c1-14(21)19-8-10-20(11-9-19)18(22)15-4-6-16(7-5-15)24-13-17-3-2-12-23-17/h4-7,17H,2-3,8-13H2,1H3. The summed E-state index contributed by atoms with van der Waals surface area (Å²) in [6.07, 6.45) is 2.32. The van der Waals surface area contributed by atoms with Crippen LogP contribution in [0.4, 0.5) is 0 Å². The highest BCUT2D eigenvalue weighted by atomic mass is 16.5. The topological polar surface area (TPSA) is 59.1 Å². The van der Waals surface area contributed by atoms with Crippen molar-refractivity contribution in [1.29, 1.82) is 0 Å². The van der Waals surface area contributed by atoms with E-state index in [0.29, 0.717) is 38.3 Å². The van der Waals surface area contributed by atoms with E-state index in [-0.39, 0.29) is 17.9 Å². The molecule has 6 heteroatoms. The Hall–Kier alpha value is -2.08. The van der Waals surface area contributed by atoms with Gasteiger partial charge in [-0.25, -0.2) is 0 Å². The highest BCUT2D eigenvalue weighted by Crippen LogP contribution is 2.18. The van der Waals surface area contributed by atoms with Gasteiger partial charge in [-0.2, -0.15) is 0 Å². The number of rotatable bonds is 4. The van der Waals surface area contributed by atoms with Crippen molar-refractivity contribution in [2.24, 2.45) is 0 Å². The van der Waals surface area contributed by atoms with Gasteiger partial charge in [-0.1, -0.05) is 0 Å². The van der Waals surface area contributed by atoms with E-state index in [1.165, 1.54) is 0 Å². The monoisotopic (exact) mass is 332 g/mol. The molecule has 2 amide bonds. The van der Waals surface area contributed by atoms with Gasteiger partial charge in [-0.3, -0.25) is 9.59 Å². The van der Waals surface area contributed by atoms with Crippen LogP contribution in [-0.4, -0.2) is 67.1 Å². The molecule has 0 aliphatic carbocycles. The first kappa shape index (κ1) is 16.8. The van der Waals surface area contributed by atoms with Crippen molar-refractivity contribution in [1.82, 2.24) is 9.80 Å². The van der Waals surface area contributed by atoms with E-state index >= 15 is 0 Å². The first-order valence-electron chi connectivity index (χ1n) is 8.53. The van der Waals surface area contributed by atoms with Crippen LogP contribution in [0.5, 0.6) is 5.75 Å². The molecule has 1 aromatic carbocycles. The maximum Gasteiger partial charge on any atom is 0.253 e. The minimum atomic E-state index is 0.00359. The van der Waals surface area contributed by atoms with Crippen LogP contribution in [0.2, 0.25) is 0 Å². The lowest BCUT2D eigenvalue weighted by atomic mass is 10.1. The lowest BCUT2D eigenvalue weighted by molar-refractivity contribution is -0.130. The van der Waals surface area contributed by atoms with Crippen LogP contribution < -0.4 is 4.74 Å². The van der Waals surface area contributed by atoms with E-state index in [1.54, 1.807) is 28.9 Å². The van der Waals surface area contributed by atoms with E-state index in [4.69, 9.17) is 9.47 Å². The average molecular weight is 332 g/mol. The van der Waals surface area contributed by atoms with Gasteiger partial charge in [0.25, 0.3) is 5.91 Å². The fraction of sp³-hybridized carbons (Fsp3) is 0.556. The molecule has 3 rings (SSSR count). The molecule has 2 aliphatic heterocycles. The number of carbonyl (C=O) groups is 2. The Labute approximate surface area is 142 Å². The van der Waals surface area contributed by atoms with Crippen LogP contribution in [-0.2, 0) is 9.53 Å². The summed E-state index contributed by atoms with van der Waals surface area (Å²) in [5.74, 6) is 0.821. The Morgan fingerprint density at radius 3 is 2.38 bits per heavy atom. The van der Waals surface area contributed by atoms with Crippen LogP contribution in [0.1, 0.15) is 30.1 Å². The molecule has 0 aromatic heterocycles.